The van der Waals surface area contributed by atoms with Gasteiger partial charge in [-0.25, -0.2) is 0 Å². The average Bonchev–Trinajstić information content (AvgIpc) is 3.33. The lowest BCUT2D eigenvalue weighted by molar-refractivity contribution is -0.133. The molecule has 1 amide bonds. The predicted octanol–water partition coefficient (Wildman–Crippen LogP) is 6.39. The van der Waals surface area contributed by atoms with Crippen molar-refractivity contribution >= 4 is 28.3 Å². The van der Waals surface area contributed by atoms with Crippen LogP contribution >= 0.6 is 11.6 Å². The maximum Gasteiger partial charge on any atom is 0.223 e. The molecule has 5 heteroatoms. The molecule has 0 saturated carbocycles. The zero-order valence-corrected chi connectivity index (χ0v) is 21.9. The van der Waals surface area contributed by atoms with Crippen molar-refractivity contribution in [1.82, 2.24) is 9.80 Å². The Morgan fingerprint density at radius 1 is 1.23 bits per heavy atom. The van der Waals surface area contributed by atoms with Crippen LogP contribution in [0.5, 0.6) is 5.75 Å². The fourth-order valence-corrected chi connectivity index (χ4v) is 6.20. The minimum Gasteiger partial charge on any atom is -0.493 e. The Labute approximate surface area is 213 Å². The van der Waals surface area contributed by atoms with Gasteiger partial charge in [0.2, 0.25) is 5.91 Å². The van der Waals surface area contributed by atoms with Gasteiger partial charge < -0.3 is 14.5 Å². The van der Waals surface area contributed by atoms with Crippen molar-refractivity contribution in [3.63, 3.8) is 0 Å². The molecule has 0 aromatic heterocycles. The number of halogens is 1. The van der Waals surface area contributed by atoms with E-state index in [1.807, 2.05) is 36.2 Å². The van der Waals surface area contributed by atoms with Gasteiger partial charge >= 0.3 is 0 Å². The zero-order valence-electron chi connectivity index (χ0n) is 21.2. The molecule has 3 atom stereocenters. The summed E-state index contributed by atoms with van der Waals surface area (Å²) < 4.78 is 5.76. The van der Waals surface area contributed by atoms with Crippen LogP contribution in [-0.4, -0.2) is 49.0 Å². The van der Waals surface area contributed by atoms with E-state index in [0.29, 0.717) is 17.5 Å². The minimum atomic E-state index is -0.176. The van der Waals surface area contributed by atoms with Gasteiger partial charge in [0.25, 0.3) is 0 Å². The van der Waals surface area contributed by atoms with Gasteiger partial charge in [0, 0.05) is 36.4 Å². The minimum absolute atomic E-state index is 0.0831. The van der Waals surface area contributed by atoms with Crippen molar-refractivity contribution in [2.75, 3.05) is 27.2 Å². The predicted molar refractivity (Wildman–Crippen MR) is 143 cm³/mol. The number of benzene rings is 3. The van der Waals surface area contributed by atoms with Gasteiger partial charge in [-0.3, -0.25) is 4.79 Å². The average molecular weight is 491 g/mol. The fourth-order valence-electron chi connectivity index (χ4n) is 5.96. The van der Waals surface area contributed by atoms with Gasteiger partial charge in [0.05, 0.1) is 12.6 Å². The molecule has 5 rings (SSSR count). The maximum atomic E-state index is 13.9. The van der Waals surface area contributed by atoms with Crippen LogP contribution in [0, 0.1) is 0 Å². The van der Waals surface area contributed by atoms with Crippen LogP contribution in [0.4, 0.5) is 0 Å². The van der Waals surface area contributed by atoms with Crippen molar-refractivity contribution in [3.05, 3.63) is 76.3 Å². The maximum absolute atomic E-state index is 13.9. The monoisotopic (exact) mass is 490 g/mol. The van der Waals surface area contributed by atoms with E-state index in [9.17, 15) is 4.79 Å². The Morgan fingerprint density at radius 3 is 2.83 bits per heavy atom. The van der Waals surface area contributed by atoms with Crippen molar-refractivity contribution < 1.29 is 9.53 Å². The van der Waals surface area contributed by atoms with E-state index in [1.165, 1.54) is 11.1 Å². The van der Waals surface area contributed by atoms with Gasteiger partial charge in [-0.1, -0.05) is 48.0 Å². The number of fused-ring (bicyclic) bond motifs is 2. The number of carbonyl (C=O) groups is 1. The quantitative estimate of drug-likeness (QED) is 0.415. The van der Waals surface area contributed by atoms with Crippen LogP contribution < -0.4 is 4.74 Å². The van der Waals surface area contributed by atoms with Gasteiger partial charge in [-0.05, 0) is 85.9 Å². The molecule has 0 radical (unpaired) electrons. The number of hydrogen-bond acceptors (Lipinski definition) is 3. The Hall–Kier alpha value is -2.56. The summed E-state index contributed by atoms with van der Waals surface area (Å²) in [6.07, 6.45) is 3.39. The molecule has 0 aliphatic carbocycles. The lowest BCUT2D eigenvalue weighted by Crippen LogP contribution is -2.48. The number of hydrogen-bond donors (Lipinski definition) is 0. The van der Waals surface area contributed by atoms with Gasteiger partial charge in [-0.15, -0.1) is 0 Å². The van der Waals surface area contributed by atoms with Crippen LogP contribution in [0.2, 0.25) is 5.02 Å². The molecule has 0 spiro atoms. The highest BCUT2D eigenvalue weighted by Gasteiger charge is 2.41. The summed E-state index contributed by atoms with van der Waals surface area (Å²) in [7, 11) is 4.12. The molecule has 0 N–H and O–H groups in total. The summed E-state index contributed by atoms with van der Waals surface area (Å²) in [5.41, 5.74) is 3.46. The molecule has 184 valence electrons. The highest BCUT2D eigenvalue weighted by molar-refractivity contribution is 6.31. The highest BCUT2D eigenvalue weighted by Crippen LogP contribution is 2.43. The van der Waals surface area contributed by atoms with Crippen LogP contribution in [0.3, 0.4) is 0 Å². The molecule has 3 aromatic carbocycles. The largest absolute Gasteiger partial charge is 0.493 e. The number of ether oxygens (including phenoxy) is 1. The van der Waals surface area contributed by atoms with E-state index < -0.39 is 0 Å². The van der Waals surface area contributed by atoms with Crippen molar-refractivity contribution in [3.8, 4) is 5.75 Å². The molecular formula is C30H35ClN2O2. The number of carbonyl (C=O) groups excluding carboxylic acids is 1. The normalized spacial score (nSPS) is 23.1. The molecule has 3 aromatic rings. The van der Waals surface area contributed by atoms with E-state index in [2.05, 4.69) is 56.1 Å². The van der Waals surface area contributed by atoms with Gasteiger partial charge in [0.1, 0.15) is 5.75 Å². The third-order valence-electron chi connectivity index (χ3n) is 8.46. The Bertz CT molecular complexity index is 1260. The molecule has 2 heterocycles. The molecule has 1 fully saturated rings. The van der Waals surface area contributed by atoms with E-state index in [-0.39, 0.29) is 17.4 Å². The first-order valence-corrected chi connectivity index (χ1v) is 13.1. The third kappa shape index (κ3) is 4.54. The SMILES string of the molecule is CC1CC(CC(=O)N(C)C(C)c2cc(Cl)cc3ccccc23)(c2ccc3c(c2)CCO3)CCN1C. The summed E-state index contributed by atoms with van der Waals surface area (Å²) in [5, 5.41) is 2.95. The second kappa shape index (κ2) is 9.48. The van der Waals surface area contributed by atoms with E-state index >= 15 is 0 Å². The second-order valence-corrected chi connectivity index (χ2v) is 11.0. The summed E-state index contributed by atoms with van der Waals surface area (Å²) in [4.78, 5) is 18.2. The van der Waals surface area contributed by atoms with Gasteiger partial charge in [0.15, 0.2) is 0 Å². The first-order chi connectivity index (χ1) is 16.8. The first-order valence-electron chi connectivity index (χ1n) is 12.7. The number of nitrogens with zero attached hydrogens (tertiary/aromatic N) is 2. The number of piperidine rings is 1. The van der Waals surface area contributed by atoms with E-state index in [4.69, 9.17) is 16.3 Å². The van der Waals surface area contributed by atoms with E-state index in [0.717, 1.165) is 54.5 Å². The summed E-state index contributed by atoms with van der Waals surface area (Å²) in [5.74, 6) is 1.17. The topological polar surface area (TPSA) is 32.8 Å². The first kappa shape index (κ1) is 24.1. The summed E-state index contributed by atoms with van der Waals surface area (Å²) in [6, 6.07) is 19.2. The summed E-state index contributed by atoms with van der Waals surface area (Å²) >= 11 is 6.47. The molecule has 2 aliphatic heterocycles. The van der Waals surface area contributed by atoms with Gasteiger partial charge in [-0.2, -0.15) is 0 Å². The van der Waals surface area contributed by atoms with Crippen LogP contribution in [0.25, 0.3) is 10.8 Å². The molecule has 0 bridgehead atoms. The lowest BCUT2D eigenvalue weighted by atomic mass is 9.68. The van der Waals surface area contributed by atoms with E-state index in [1.54, 1.807) is 0 Å². The highest BCUT2D eigenvalue weighted by atomic mass is 35.5. The Morgan fingerprint density at radius 2 is 2.03 bits per heavy atom. The molecule has 4 nitrogen and oxygen atoms in total. The molecule has 2 aliphatic rings. The molecule has 1 saturated heterocycles. The second-order valence-electron chi connectivity index (χ2n) is 10.6. The van der Waals surface area contributed by atoms with Crippen LogP contribution in [0.1, 0.15) is 55.8 Å². The van der Waals surface area contributed by atoms with Crippen molar-refractivity contribution in [1.29, 1.82) is 0 Å². The lowest BCUT2D eigenvalue weighted by Gasteiger charge is -2.45. The number of rotatable bonds is 5. The van der Waals surface area contributed by atoms with Crippen LogP contribution in [0.15, 0.2) is 54.6 Å². The Kier molecular flexibility index (Phi) is 6.54. The van der Waals surface area contributed by atoms with Crippen LogP contribution in [-0.2, 0) is 16.6 Å². The summed E-state index contributed by atoms with van der Waals surface area (Å²) in [6.45, 7) is 6.12. The van der Waals surface area contributed by atoms with Crippen molar-refractivity contribution in [2.45, 2.75) is 57.0 Å². The number of likely N-dealkylation sites (tertiary alicyclic amines) is 1. The smallest absolute Gasteiger partial charge is 0.223 e. The standard InChI is InChI=1S/C30H35ClN2O2/c1-20-18-30(12-13-32(20)3,24-9-10-28-23(15-24)11-14-35-28)19-29(34)33(4)21(2)27-17-25(31)16-22-7-5-6-8-26(22)27/h5-10,15-17,20-21H,11-14,18-19H2,1-4H3. The molecule has 35 heavy (non-hydrogen) atoms. The van der Waals surface area contributed by atoms with Crippen molar-refractivity contribution in [2.24, 2.45) is 0 Å². The molecular weight excluding hydrogens is 456 g/mol. The molecule has 3 unspecified atom stereocenters. The third-order valence-corrected chi connectivity index (χ3v) is 8.67. The fraction of sp³-hybridized carbons (Fsp3) is 0.433. The zero-order chi connectivity index (χ0) is 24.7. The Balaban J connectivity index is 1.46. The number of amides is 1.